The lowest BCUT2D eigenvalue weighted by Gasteiger charge is -2.13. The quantitative estimate of drug-likeness (QED) is 0.477. The van der Waals surface area contributed by atoms with E-state index in [2.05, 4.69) is 33.8 Å². The average Bonchev–Trinajstić information content (AvgIpc) is 1.96. The van der Waals surface area contributed by atoms with E-state index in [1.807, 2.05) is 0 Å². The lowest BCUT2D eigenvalue weighted by atomic mass is 9.92. The summed E-state index contributed by atoms with van der Waals surface area (Å²) in [5, 5.41) is 7.23. The van der Waals surface area contributed by atoms with E-state index < -0.39 is 0 Å². The van der Waals surface area contributed by atoms with Gasteiger partial charge in [-0.15, -0.1) is 0 Å². The summed E-state index contributed by atoms with van der Waals surface area (Å²) in [7, 11) is 0. The van der Waals surface area contributed by atoms with Crippen molar-refractivity contribution in [1.29, 1.82) is 5.41 Å². The highest BCUT2D eigenvalue weighted by atomic mass is 14.4. The van der Waals surface area contributed by atoms with Gasteiger partial charge in [0.2, 0.25) is 0 Å². The second-order valence-corrected chi connectivity index (χ2v) is 3.93. The second-order valence-electron chi connectivity index (χ2n) is 3.93. The Morgan fingerprint density at radius 1 is 1.33 bits per heavy atom. The molecule has 0 radical (unpaired) electrons. The lowest BCUT2D eigenvalue weighted by molar-refractivity contribution is 0.472. The van der Waals surface area contributed by atoms with Crippen molar-refractivity contribution in [1.82, 2.24) is 0 Å². The van der Waals surface area contributed by atoms with Gasteiger partial charge in [0.05, 0.1) is 0 Å². The molecule has 0 aromatic heterocycles. The maximum absolute atomic E-state index is 7.23. The number of allylic oxidation sites excluding steroid dienone is 2. The van der Waals surface area contributed by atoms with Crippen LogP contribution in [-0.4, -0.2) is 6.21 Å². The molecule has 0 aromatic rings. The molecular weight excluding hydrogens is 146 g/mol. The first-order valence-corrected chi connectivity index (χ1v) is 4.72. The minimum Gasteiger partial charge on any atom is -0.313 e. The van der Waals surface area contributed by atoms with Gasteiger partial charge < -0.3 is 5.41 Å². The third kappa shape index (κ3) is 5.11. The molecule has 0 aromatic carbocycles. The third-order valence-corrected chi connectivity index (χ3v) is 2.12. The summed E-state index contributed by atoms with van der Waals surface area (Å²) in [5.74, 6) is 1.06. The maximum atomic E-state index is 7.23. The first-order chi connectivity index (χ1) is 5.57. The smallest absolute Gasteiger partial charge is 0.00141 e. The molecule has 0 heterocycles. The SMILES string of the molecule is CC(C)=CCCC(C=N)C(C)C. The molecule has 1 N–H and O–H groups in total. The molecule has 0 saturated heterocycles. The summed E-state index contributed by atoms with van der Waals surface area (Å²) in [5.41, 5.74) is 1.38. The van der Waals surface area contributed by atoms with Crippen LogP contribution in [-0.2, 0) is 0 Å². The van der Waals surface area contributed by atoms with Crippen molar-refractivity contribution in [2.45, 2.75) is 40.5 Å². The highest BCUT2D eigenvalue weighted by Gasteiger charge is 2.08. The van der Waals surface area contributed by atoms with Gasteiger partial charge in [-0.05, 0) is 44.7 Å². The van der Waals surface area contributed by atoms with Crippen molar-refractivity contribution in [3.63, 3.8) is 0 Å². The first-order valence-electron chi connectivity index (χ1n) is 4.72. The number of hydrogen-bond donors (Lipinski definition) is 1. The summed E-state index contributed by atoms with van der Waals surface area (Å²) >= 11 is 0. The van der Waals surface area contributed by atoms with E-state index >= 15 is 0 Å². The molecule has 0 aliphatic carbocycles. The van der Waals surface area contributed by atoms with Crippen LogP contribution in [0.3, 0.4) is 0 Å². The van der Waals surface area contributed by atoms with E-state index in [0.29, 0.717) is 11.8 Å². The van der Waals surface area contributed by atoms with E-state index in [9.17, 15) is 0 Å². The Hall–Kier alpha value is -0.590. The van der Waals surface area contributed by atoms with E-state index in [1.54, 1.807) is 6.21 Å². The summed E-state index contributed by atoms with van der Waals surface area (Å²) < 4.78 is 0. The van der Waals surface area contributed by atoms with Gasteiger partial charge >= 0.3 is 0 Å². The minimum absolute atomic E-state index is 0.459. The van der Waals surface area contributed by atoms with Gasteiger partial charge in [-0.3, -0.25) is 0 Å². The van der Waals surface area contributed by atoms with Gasteiger partial charge in [0, 0.05) is 0 Å². The van der Waals surface area contributed by atoms with Gasteiger partial charge in [0.1, 0.15) is 0 Å². The van der Waals surface area contributed by atoms with Crippen molar-refractivity contribution in [3.8, 4) is 0 Å². The predicted octanol–water partition coefficient (Wildman–Crippen LogP) is 3.65. The van der Waals surface area contributed by atoms with E-state index in [1.165, 1.54) is 5.57 Å². The van der Waals surface area contributed by atoms with Crippen molar-refractivity contribution in [2.24, 2.45) is 11.8 Å². The fraction of sp³-hybridized carbons (Fsp3) is 0.727. The molecule has 70 valence electrons. The van der Waals surface area contributed by atoms with E-state index in [4.69, 9.17) is 5.41 Å². The van der Waals surface area contributed by atoms with Gasteiger partial charge in [-0.2, -0.15) is 0 Å². The average molecular weight is 167 g/mol. The minimum atomic E-state index is 0.459. The van der Waals surface area contributed by atoms with Crippen molar-refractivity contribution < 1.29 is 0 Å². The topological polar surface area (TPSA) is 23.9 Å². The third-order valence-electron chi connectivity index (χ3n) is 2.12. The van der Waals surface area contributed by atoms with Crippen LogP contribution in [0, 0.1) is 17.2 Å². The fourth-order valence-electron chi connectivity index (χ4n) is 1.17. The molecule has 0 saturated carbocycles. The van der Waals surface area contributed by atoms with Gasteiger partial charge in [-0.25, -0.2) is 0 Å². The van der Waals surface area contributed by atoms with Crippen LogP contribution in [0.1, 0.15) is 40.5 Å². The number of rotatable bonds is 5. The van der Waals surface area contributed by atoms with Gasteiger partial charge in [0.25, 0.3) is 0 Å². The summed E-state index contributed by atoms with van der Waals surface area (Å²) in [4.78, 5) is 0. The molecule has 0 bridgehead atoms. The van der Waals surface area contributed by atoms with Crippen LogP contribution < -0.4 is 0 Å². The van der Waals surface area contributed by atoms with Gasteiger partial charge in [-0.1, -0.05) is 25.5 Å². The van der Waals surface area contributed by atoms with E-state index in [0.717, 1.165) is 12.8 Å². The van der Waals surface area contributed by atoms with Gasteiger partial charge in [0.15, 0.2) is 0 Å². The summed E-state index contributed by atoms with van der Waals surface area (Å²) in [6.07, 6.45) is 6.06. The summed E-state index contributed by atoms with van der Waals surface area (Å²) in [6.45, 7) is 8.60. The highest BCUT2D eigenvalue weighted by molar-refractivity contribution is 5.57. The van der Waals surface area contributed by atoms with Crippen molar-refractivity contribution in [3.05, 3.63) is 11.6 Å². The molecule has 0 fully saturated rings. The molecule has 0 rings (SSSR count). The fourth-order valence-corrected chi connectivity index (χ4v) is 1.17. The Bertz CT molecular complexity index is 152. The molecule has 0 spiro atoms. The molecule has 1 heteroatoms. The standard InChI is InChI=1S/C11H21N/c1-9(2)6-5-7-11(8-12)10(3)4/h6,8,10-12H,5,7H2,1-4H3. The second kappa shape index (κ2) is 5.99. The Balaban J connectivity index is 3.73. The van der Waals surface area contributed by atoms with Crippen molar-refractivity contribution >= 4 is 6.21 Å². The van der Waals surface area contributed by atoms with Crippen LogP contribution in [0.4, 0.5) is 0 Å². The largest absolute Gasteiger partial charge is 0.313 e. The Labute approximate surface area is 76.4 Å². The molecule has 0 aliphatic heterocycles. The van der Waals surface area contributed by atoms with Crippen LogP contribution in [0.15, 0.2) is 11.6 Å². The van der Waals surface area contributed by atoms with Crippen molar-refractivity contribution in [2.75, 3.05) is 0 Å². The monoisotopic (exact) mass is 167 g/mol. The molecule has 0 amide bonds. The maximum Gasteiger partial charge on any atom is -0.00141 e. The molecule has 12 heavy (non-hydrogen) atoms. The molecule has 1 atom stereocenters. The van der Waals surface area contributed by atoms with Crippen LogP contribution >= 0.6 is 0 Å². The number of hydrogen-bond acceptors (Lipinski definition) is 1. The predicted molar refractivity (Wildman–Crippen MR) is 55.8 cm³/mol. The number of nitrogens with one attached hydrogen (secondary N) is 1. The van der Waals surface area contributed by atoms with Crippen LogP contribution in [0.25, 0.3) is 0 Å². The Kier molecular flexibility index (Phi) is 5.69. The highest BCUT2D eigenvalue weighted by Crippen LogP contribution is 2.15. The zero-order valence-corrected chi connectivity index (χ0v) is 8.72. The zero-order chi connectivity index (χ0) is 9.56. The Morgan fingerprint density at radius 2 is 1.92 bits per heavy atom. The molecular formula is C11H21N. The van der Waals surface area contributed by atoms with Crippen LogP contribution in [0.2, 0.25) is 0 Å². The summed E-state index contributed by atoms with van der Waals surface area (Å²) in [6, 6.07) is 0. The van der Waals surface area contributed by atoms with E-state index in [-0.39, 0.29) is 0 Å². The Morgan fingerprint density at radius 3 is 2.25 bits per heavy atom. The zero-order valence-electron chi connectivity index (χ0n) is 8.72. The molecule has 1 nitrogen and oxygen atoms in total. The lowest BCUT2D eigenvalue weighted by Crippen LogP contribution is -2.08. The first kappa shape index (κ1) is 11.4. The molecule has 1 unspecified atom stereocenters. The van der Waals surface area contributed by atoms with Crippen LogP contribution in [0.5, 0.6) is 0 Å². The molecule has 0 aliphatic rings. The normalized spacial score (nSPS) is 12.8.